The summed E-state index contributed by atoms with van der Waals surface area (Å²) < 4.78 is 10.2. The SMILES string of the molecule is O=COc1ccc(Oc2ccccc2)cc1. The van der Waals surface area contributed by atoms with Crippen molar-refractivity contribution >= 4 is 6.47 Å². The highest BCUT2D eigenvalue weighted by Gasteiger charge is 1.97. The summed E-state index contributed by atoms with van der Waals surface area (Å²) in [6.45, 7) is 0.396. The van der Waals surface area contributed by atoms with E-state index in [1.54, 1.807) is 24.3 Å². The van der Waals surface area contributed by atoms with Crippen molar-refractivity contribution < 1.29 is 14.3 Å². The lowest BCUT2D eigenvalue weighted by Crippen LogP contribution is -1.88. The molecule has 3 heteroatoms. The maximum atomic E-state index is 10.1. The Labute approximate surface area is 93.2 Å². The molecule has 0 aliphatic rings. The van der Waals surface area contributed by atoms with Crippen LogP contribution in [0, 0.1) is 0 Å². The minimum Gasteiger partial charge on any atom is -0.457 e. The van der Waals surface area contributed by atoms with Gasteiger partial charge >= 0.3 is 0 Å². The van der Waals surface area contributed by atoms with Gasteiger partial charge in [0.05, 0.1) is 0 Å². The molecule has 0 spiro atoms. The fourth-order valence-electron chi connectivity index (χ4n) is 1.27. The fraction of sp³-hybridized carbons (Fsp3) is 0. The normalized spacial score (nSPS) is 9.50. The van der Waals surface area contributed by atoms with Gasteiger partial charge in [-0.3, -0.25) is 4.79 Å². The molecule has 0 unspecified atom stereocenters. The Kier molecular flexibility index (Phi) is 3.18. The molecule has 0 atom stereocenters. The number of hydrogen-bond donors (Lipinski definition) is 0. The van der Waals surface area contributed by atoms with Crippen molar-refractivity contribution in [2.24, 2.45) is 0 Å². The zero-order valence-electron chi connectivity index (χ0n) is 8.50. The standard InChI is InChI=1S/C13H10O3/c14-10-15-11-6-8-13(9-7-11)16-12-4-2-1-3-5-12/h1-10H. The Morgan fingerprint density at radius 3 is 1.94 bits per heavy atom. The molecule has 0 saturated carbocycles. The van der Waals surface area contributed by atoms with Crippen LogP contribution in [0.2, 0.25) is 0 Å². The summed E-state index contributed by atoms with van der Waals surface area (Å²) in [7, 11) is 0. The molecule has 0 N–H and O–H groups in total. The topological polar surface area (TPSA) is 35.5 Å². The Hall–Kier alpha value is -2.29. The molecule has 0 aliphatic carbocycles. The molecule has 80 valence electrons. The molecule has 0 aliphatic heterocycles. The van der Waals surface area contributed by atoms with Gasteiger partial charge in [0.2, 0.25) is 0 Å². The summed E-state index contributed by atoms with van der Waals surface area (Å²) in [5.41, 5.74) is 0. The van der Waals surface area contributed by atoms with Crippen LogP contribution in [0.1, 0.15) is 0 Å². The van der Waals surface area contributed by atoms with E-state index in [1.165, 1.54) is 0 Å². The van der Waals surface area contributed by atoms with Crippen molar-refractivity contribution in [3.05, 3.63) is 54.6 Å². The third-order valence-corrected chi connectivity index (χ3v) is 1.99. The Balaban J connectivity index is 2.08. The summed E-state index contributed by atoms with van der Waals surface area (Å²) in [5.74, 6) is 1.96. The number of benzene rings is 2. The average molecular weight is 214 g/mol. The molecular weight excluding hydrogens is 204 g/mol. The fourth-order valence-corrected chi connectivity index (χ4v) is 1.27. The Bertz CT molecular complexity index is 448. The van der Waals surface area contributed by atoms with Gasteiger partial charge in [0, 0.05) is 0 Å². The maximum absolute atomic E-state index is 10.1. The number of rotatable bonds is 4. The van der Waals surface area contributed by atoms with Gasteiger partial charge in [-0.05, 0) is 36.4 Å². The first-order valence-electron chi connectivity index (χ1n) is 4.82. The highest BCUT2D eigenvalue weighted by atomic mass is 16.5. The van der Waals surface area contributed by atoms with Crippen molar-refractivity contribution in [2.45, 2.75) is 0 Å². The van der Waals surface area contributed by atoms with Gasteiger partial charge < -0.3 is 9.47 Å². The first-order chi connectivity index (χ1) is 7.88. The number of para-hydroxylation sites is 1. The lowest BCUT2D eigenvalue weighted by atomic mass is 10.3. The molecule has 0 fully saturated rings. The molecular formula is C13H10O3. The van der Waals surface area contributed by atoms with Crippen molar-refractivity contribution in [1.82, 2.24) is 0 Å². The van der Waals surface area contributed by atoms with Crippen molar-refractivity contribution in [1.29, 1.82) is 0 Å². The van der Waals surface area contributed by atoms with E-state index in [2.05, 4.69) is 4.74 Å². The molecule has 0 bridgehead atoms. The summed E-state index contributed by atoms with van der Waals surface area (Å²) in [6.07, 6.45) is 0. The molecule has 0 aromatic heterocycles. The first-order valence-corrected chi connectivity index (χ1v) is 4.82. The van der Waals surface area contributed by atoms with Crippen molar-refractivity contribution in [2.75, 3.05) is 0 Å². The lowest BCUT2D eigenvalue weighted by Gasteiger charge is -2.05. The van der Waals surface area contributed by atoms with E-state index in [9.17, 15) is 4.79 Å². The molecule has 2 aromatic carbocycles. The van der Waals surface area contributed by atoms with E-state index in [4.69, 9.17) is 4.74 Å². The van der Waals surface area contributed by atoms with Crippen LogP contribution in [0.5, 0.6) is 17.2 Å². The second-order valence-corrected chi connectivity index (χ2v) is 3.10. The highest BCUT2D eigenvalue weighted by Crippen LogP contribution is 2.23. The quantitative estimate of drug-likeness (QED) is 0.734. The monoisotopic (exact) mass is 214 g/mol. The van der Waals surface area contributed by atoms with Gasteiger partial charge in [0.15, 0.2) is 0 Å². The van der Waals surface area contributed by atoms with E-state index < -0.39 is 0 Å². The smallest absolute Gasteiger partial charge is 0.298 e. The zero-order chi connectivity index (χ0) is 11.2. The lowest BCUT2D eigenvalue weighted by molar-refractivity contribution is -0.120. The molecule has 0 heterocycles. The number of ether oxygens (including phenoxy) is 2. The first kappa shape index (κ1) is 10.2. The van der Waals surface area contributed by atoms with Crippen LogP contribution >= 0.6 is 0 Å². The number of carbonyl (C=O) groups excluding carboxylic acids is 1. The molecule has 2 rings (SSSR count). The van der Waals surface area contributed by atoms with Crippen LogP contribution < -0.4 is 9.47 Å². The minimum atomic E-state index is 0.396. The maximum Gasteiger partial charge on any atom is 0.298 e. The third-order valence-electron chi connectivity index (χ3n) is 1.99. The van der Waals surface area contributed by atoms with Crippen LogP contribution in [0.25, 0.3) is 0 Å². The Morgan fingerprint density at radius 2 is 1.31 bits per heavy atom. The Morgan fingerprint density at radius 1 is 0.750 bits per heavy atom. The minimum absolute atomic E-state index is 0.396. The number of carbonyl (C=O) groups is 1. The van der Waals surface area contributed by atoms with Crippen molar-refractivity contribution in [3.63, 3.8) is 0 Å². The second kappa shape index (κ2) is 4.98. The molecule has 0 saturated heterocycles. The summed E-state index contributed by atoms with van der Waals surface area (Å²) in [4.78, 5) is 10.1. The average Bonchev–Trinajstić information content (AvgIpc) is 2.33. The van der Waals surface area contributed by atoms with Gasteiger partial charge in [-0.2, -0.15) is 0 Å². The van der Waals surface area contributed by atoms with Gasteiger partial charge in [-0.1, -0.05) is 18.2 Å². The molecule has 0 radical (unpaired) electrons. The number of hydrogen-bond acceptors (Lipinski definition) is 3. The highest BCUT2D eigenvalue weighted by molar-refractivity contribution is 5.46. The third kappa shape index (κ3) is 2.60. The van der Waals surface area contributed by atoms with E-state index in [0.29, 0.717) is 18.0 Å². The van der Waals surface area contributed by atoms with Gasteiger partial charge in [-0.15, -0.1) is 0 Å². The van der Waals surface area contributed by atoms with Gasteiger partial charge in [0.1, 0.15) is 17.2 Å². The van der Waals surface area contributed by atoms with Crippen LogP contribution in [0.15, 0.2) is 54.6 Å². The van der Waals surface area contributed by atoms with Crippen LogP contribution in [-0.4, -0.2) is 6.47 Å². The second-order valence-electron chi connectivity index (χ2n) is 3.10. The van der Waals surface area contributed by atoms with E-state index in [-0.39, 0.29) is 0 Å². The van der Waals surface area contributed by atoms with E-state index in [0.717, 1.165) is 5.75 Å². The largest absolute Gasteiger partial charge is 0.457 e. The van der Waals surface area contributed by atoms with Crippen molar-refractivity contribution in [3.8, 4) is 17.2 Å². The zero-order valence-corrected chi connectivity index (χ0v) is 8.50. The predicted octanol–water partition coefficient (Wildman–Crippen LogP) is 3.01. The molecule has 16 heavy (non-hydrogen) atoms. The summed E-state index contributed by atoms with van der Waals surface area (Å²) >= 11 is 0. The molecule has 3 nitrogen and oxygen atoms in total. The van der Waals surface area contributed by atoms with E-state index in [1.807, 2.05) is 30.3 Å². The predicted molar refractivity (Wildman–Crippen MR) is 59.7 cm³/mol. The van der Waals surface area contributed by atoms with Crippen LogP contribution in [0.3, 0.4) is 0 Å². The van der Waals surface area contributed by atoms with Gasteiger partial charge in [-0.25, -0.2) is 0 Å². The van der Waals surface area contributed by atoms with Crippen LogP contribution in [-0.2, 0) is 4.79 Å². The summed E-state index contributed by atoms with van der Waals surface area (Å²) in [6, 6.07) is 16.3. The van der Waals surface area contributed by atoms with Crippen LogP contribution in [0.4, 0.5) is 0 Å². The van der Waals surface area contributed by atoms with E-state index >= 15 is 0 Å². The molecule has 2 aromatic rings. The molecule has 0 amide bonds. The van der Waals surface area contributed by atoms with Gasteiger partial charge in [0.25, 0.3) is 6.47 Å². The summed E-state index contributed by atoms with van der Waals surface area (Å²) in [5, 5.41) is 0.